The number of nitrogens with one attached hydrogen (secondary N) is 2. The number of ether oxygens (including phenoxy) is 2. The van der Waals surface area contributed by atoms with Crippen LogP contribution in [-0.4, -0.2) is 68.3 Å². The topological polar surface area (TPSA) is 91.8 Å². The summed E-state index contributed by atoms with van der Waals surface area (Å²) in [6.45, 7) is 3.69. The van der Waals surface area contributed by atoms with Gasteiger partial charge < -0.3 is 29.9 Å². The van der Waals surface area contributed by atoms with Gasteiger partial charge in [-0.05, 0) is 13.1 Å². The molecule has 10 heteroatoms. The summed E-state index contributed by atoms with van der Waals surface area (Å²) in [5.74, 6) is 1.54. The molecule has 0 atom stereocenters. The smallest absolute Gasteiger partial charge is 0.323 e. The second-order valence-corrected chi connectivity index (χ2v) is 6.74. The van der Waals surface area contributed by atoms with Gasteiger partial charge >= 0.3 is 6.03 Å². The van der Waals surface area contributed by atoms with Gasteiger partial charge in [-0.2, -0.15) is 0 Å². The van der Waals surface area contributed by atoms with E-state index in [9.17, 15) is 4.79 Å². The van der Waals surface area contributed by atoms with Crippen LogP contribution in [0, 0.1) is 0 Å². The van der Waals surface area contributed by atoms with Crippen LogP contribution >= 0.6 is 11.6 Å². The highest BCUT2D eigenvalue weighted by molar-refractivity contribution is 6.32. The molecule has 0 saturated carbocycles. The van der Waals surface area contributed by atoms with E-state index in [2.05, 4.69) is 37.4 Å². The third-order valence-corrected chi connectivity index (χ3v) is 4.70. The fourth-order valence-electron chi connectivity index (χ4n) is 2.80. The van der Waals surface area contributed by atoms with Crippen molar-refractivity contribution in [1.82, 2.24) is 14.9 Å². The molecule has 0 radical (unpaired) electrons. The van der Waals surface area contributed by atoms with E-state index < -0.39 is 6.03 Å². The highest BCUT2D eigenvalue weighted by atomic mass is 35.5. The maximum atomic E-state index is 12.3. The van der Waals surface area contributed by atoms with Gasteiger partial charge in [-0.15, -0.1) is 0 Å². The van der Waals surface area contributed by atoms with Crippen molar-refractivity contribution < 1.29 is 14.3 Å². The SMILES string of the molecule is COc1cc(OC)c(NC(=O)Nc2cnc(N3CCN(C)CC3)nc2)cc1Cl. The van der Waals surface area contributed by atoms with Gasteiger partial charge in [0.2, 0.25) is 5.95 Å². The predicted molar refractivity (Wildman–Crippen MR) is 109 cm³/mol. The van der Waals surface area contributed by atoms with Crippen LogP contribution in [0.5, 0.6) is 11.5 Å². The molecule has 1 saturated heterocycles. The number of carbonyl (C=O) groups is 1. The van der Waals surface area contributed by atoms with E-state index in [4.69, 9.17) is 21.1 Å². The largest absolute Gasteiger partial charge is 0.495 e. The molecule has 0 bridgehead atoms. The van der Waals surface area contributed by atoms with Crippen LogP contribution in [0.3, 0.4) is 0 Å². The van der Waals surface area contributed by atoms with Crippen molar-refractivity contribution in [3.8, 4) is 11.5 Å². The van der Waals surface area contributed by atoms with Crippen molar-refractivity contribution in [3.05, 3.63) is 29.5 Å². The van der Waals surface area contributed by atoms with Crippen molar-refractivity contribution in [2.75, 3.05) is 63.0 Å². The molecule has 0 unspecified atom stereocenters. The van der Waals surface area contributed by atoms with E-state index >= 15 is 0 Å². The van der Waals surface area contributed by atoms with Crippen molar-refractivity contribution in [2.45, 2.75) is 0 Å². The number of rotatable bonds is 5. The molecule has 9 nitrogen and oxygen atoms in total. The summed E-state index contributed by atoms with van der Waals surface area (Å²) < 4.78 is 10.4. The van der Waals surface area contributed by atoms with Crippen molar-refractivity contribution in [1.29, 1.82) is 0 Å². The van der Waals surface area contributed by atoms with Gasteiger partial charge in [-0.25, -0.2) is 14.8 Å². The van der Waals surface area contributed by atoms with Crippen molar-refractivity contribution in [3.63, 3.8) is 0 Å². The molecule has 0 spiro atoms. The highest BCUT2D eigenvalue weighted by Gasteiger charge is 2.17. The second-order valence-electron chi connectivity index (χ2n) is 6.33. The van der Waals surface area contributed by atoms with E-state index in [1.165, 1.54) is 14.2 Å². The van der Waals surface area contributed by atoms with E-state index in [1.807, 2.05) is 0 Å². The number of likely N-dealkylation sites (N-methyl/N-ethyl adjacent to an activating group) is 1. The molecule has 0 aliphatic carbocycles. The fraction of sp³-hybridized carbons (Fsp3) is 0.389. The molecule has 2 heterocycles. The van der Waals surface area contributed by atoms with Crippen LogP contribution in [0.2, 0.25) is 5.02 Å². The number of piperazine rings is 1. The van der Waals surface area contributed by atoms with Gasteiger partial charge in [0.05, 0.1) is 43.0 Å². The number of aromatic nitrogens is 2. The molecule has 3 rings (SSSR count). The number of hydrogen-bond donors (Lipinski definition) is 2. The second kappa shape index (κ2) is 8.94. The molecule has 1 aromatic heterocycles. The number of hydrogen-bond acceptors (Lipinski definition) is 7. The van der Waals surface area contributed by atoms with Gasteiger partial charge in [0.1, 0.15) is 11.5 Å². The molecule has 1 aromatic carbocycles. The zero-order valence-electron chi connectivity index (χ0n) is 16.0. The van der Waals surface area contributed by atoms with Crippen LogP contribution in [-0.2, 0) is 0 Å². The van der Waals surface area contributed by atoms with E-state index in [-0.39, 0.29) is 0 Å². The van der Waals surface area contributed by atoms with E-state index in [1.54, 1.807) is 24.5 Å². The normalized spacial score (nSPS) is 14.5. The molecule has 2 N–H and O–H groups in total. The monoisotopic (exact) mass is 406 g/mol. The average Bonchev–Trinajstić information content (AvgIpc) is 2.69. The van der Waals surface area contributed by atoms with Gasteiger partial charge in [-0.1, -0.05) is 11.6 Å². The lowest BCUT2D eigenvalue weighted by atomic mass is 10.2. The molecule has 1 fully saturated rings. The summed E-state index contributed by atoms with van der Waals surface area (Å²) in [6.07, 6.45) is 3.16. The molecule has 1 aliphatic heterocycles. The summed E-state index contributed by atoms with van der Waals surface area (Å²) in [4.78, 5) is 25.4. The highest BCUT2D eigenvalue weighted by Crippen LogP contribution is 2.35. The number of benzene rings is 1. The number of amides is 2. The first-order chi connectivity index (χ1) is 13.5. The molecule has 28 heavy (non-hydrogen) atoms. The van der Waals surface area contributed by atoms with Crippen LogP contribution in [0.25, 0.3) is 0 Å². The van der Waals surface area contributed by atoms with Gasteiger partial charge in [-0.3, -0.25) is 0 Å². The fourth-order valence-corrected chi connectivity index (χ4v) is 3.04. The number of methoxy groups -OCH3 is 2. The lowest BCUT2D eigenvalue weighted by molar-refractivity contribution is 0.262. The van der Waals surface area contributed by atoms with E-state index in [0.717, 1.165) is 26.2 Å². The average molecular weight is 407 g/mol. The zero-order chi connectivity index (χ0) is 20.1. The predicted octanol–water partition coefficient (Wildman–Crippen LogP) is 2.54. The Labute approximate surface area is 168 Å². The summed E-state index contributed by atoms with van der Waals surface area (Å²) >= 11 is 6.12. The Hall–Kier alpha value is -2.78. The molecule has 1 aliphatic rings. The Bertz CT molecular complexity index is 825. The van der Waals surface area contributed by atoms with Crippen LogP contribution in [0.4, 0.5) is 22.1 Å². The Morgan fingerprint density at radius 2 is 1.68 bits per heavy atom. The van der Waals surface area contributed by atoms with Crippen LogP contribution < -0.4 is 25.0 Å². The lowest BCUT2D eigenvalue weighted by Gasteiger charge is -2.32. The summed E-state index contributed by atoms with van der Waals surface area (Å²) in [7, 11) is 5.10. The van der Waals surface area contributed by atoms with Crippen molar-refractivity contribution in [2.24, 2.45) is 0 Å². The third kappa shape index (κ3) is 4.73. The number of carbonyl (C=O) groups excluding carboxylic acids is 1. The van der Waals surface area contributed by atoms with E-state index in [0.29, 0.717) is 33.8 Å². The minimum atomic E-state index is -0.463. The third-order valence-electron chi connectivity index (χ3n) is 4.40. The minimum Gasteiger partial charge on any atom is -0.495 e. The Balaban J connectivity index is 1.63. The number of urea groups is 1. The first kappa shape index (κ1) is 20.0. The van der Waals surface area contributed by atoms with Crippen LogP contribution in [0.15, 0.2) is 24.5 Å². The lowest BCUT2D eigenvalue weighted by Crippen LogP contribution is -2.45. The zero-order valence-corrected chi connectivity index (χ0v) is 16.8. The number of halogens is 1. The quantitative estimate of drug-likeness (QED) is 0.788. The maximum absolute atomic E-state index is 12.3. The Kier molecular flexibility index (Phi) is 6.37. The van der Waals surface area contributed by atoms with Gasteiger partial charge in [0, 0.05) is 32.2 Å². The standard InChI is InChI=1S/C18H23ClN6O3/c1-24-4-6-25(7-5-24)17-20-10-12(11-21-17)22-18(26)23-14-8-13(19)15(27-2)9-16(14)28-3/h8-11H,4-7H2,1-3H3,(H2,22,23,26). The van der Waals surface area contributed by atoms with Gasteiger partial charge in [0.25, 0.3) is 0 Å². The van der Waals surface area contributed by atoms with Crippen LogP contribution in [0.1, 0.15) is 0 Å². The Morgan fingerprint density at radius 1 is 1.04 bits per heavy atom. The first-order valence-corrected chi connectivity index (χ1v) is 9.13. The van der Waals surface area contributed by atoms with Gasteiger partial charge in [0.15, 0.2) is 0 Å². The summed E-state index contributed by atoms with van der Waals surface area (Å²) in [6, 6.07) is 2.70. The molecule has 150 valence electrons. The number of anilines is 3. The first-order valence-electron chi connectivity index (χ1n) is 8.75. The Morgan fingerprint density at radius 3 is 2.29 bits per heavy atom. The molecular weight excluding hydrogens is 384 g/mol. The minimum absolute atomic E-state index is 0.360. The molecule has 2 aromatic rings. The molecular formula is C18H23ClN6O3. The van der Waals surface area contributed by atoms with Crippen molar-refractivity contribution >= 4 is 35.0 Å². The summed E-state index contributed by atoms with van der Waals surface area (Å²) in [5.41, 5.74) is 0.898. The number of nitrogens with zero attached hydrogens (tertiary/aromatic N) is 4. The maximum Gasteiger partial charge on any atom is 0.323 e. The molecule has 2 amide bonds. The summed E-state index contributed by atoms with van der Waals surface area (Å²) in [5, 5.41) is 5.75.